The summed E-state index contributed by atoms with van der Waals surface area (Å²) in [5.74, 6) is 0.507. The van der Waals surface area contributed by atoms with E-state index in [1.807, 2.05) is 0 Å². The van der Waals surface area contributed by atoms with Gasteiger partial charge in [-0.2, -0.15) is 4.31 Å². The van der Waals surface area contributed by atoms with E-state index >= 15 is 0 Å². The second kappa shape index (κ2) is 8.83. The molecule has 0 aliphatic carbocycles. The van der Waals surface area contributed by atoms with E-state index < -0.39 is 20.0 Å². The smallest absolute Gasteiger partial charge is 0.265 e. The SMILES string of the molecule is COc1ccc(OC)c(S(=O)(=O)Nc2cc(S(=O)(=O)N3CCCCC3)ccc2C)c1. The van der Waals surface area contributed by atoms with Gasteiger partial charge in [-0.05, 0) is 49.6 Å². The number of nitrogens with one attached hydrogen (secondary N) is 1. The Morgan fingerprint density at radius 3 is 2.23 bits per heavy atom. The van der Waals surface area contributed by atoms with Crippen LogP contribution in [0.25, 0.3) is 0 Å². The van der Waals surface area contributed by atoms with Crippen LogP contribution >= 0.6 is 0 Å². The highest BCUT2D eigenvalue weighted by Gasteiger charge is 2.27. The van der Waals surface area contributed by atoms with Gasteiger partial charge in [0.15, 0.2) is 0 Å². The number of rotatable bonds is 7. The molecule has 0 amide bonds. The van der Waals surface area contributed by atoms with Crippen molar-refractivity contribution < 1.29 is 26.3 Å². The first kappa shape index (κ1) is 22.4. The summed E-state index contributed by atoms with van der Waals surface area (Å²) in [4.78, 5) is -0.0432. The van der Waals surface area contributed by atoms with Gasteiger partial charge in [-0.1, -0.05) is 12.5 Å². The Morgan fingerprint density at radius 2 is 1.60 bits per heavy atom. The average molecular weight is 455 g/mol. The first-order valence-corrected chi connectivity index (χ1v) is 12.5. The number of anilines is 1. The predicted octanol–water partition coefficient (Wildman–Crippen LogP) is 2.99. The van der Waals surface area contributed by atoms with Crippen LogP contribution in [0.3, 0.4) is 0 Å². The summed E-state index contributed by atoms with van der Waals surface area (Å²) in [6, 6.07) is 8.90. The third-order valence-electron chi connectivity index (χ3n) is 5.07. The fourth-order valence-corrected chi connectivity index (χ4v) is 6.17. The van der Waals surface area contributed by atoms with Crippen molar-refractivity contribution in [3.8, 4) is 11.5 Å². The number of methoxy groups -OCH3 is 2. The number of sulfonamides is 2. The molecule has 8 nitrogen and oxygen atoms in total. The molecule has 30 heavy (non-hydrogen) atoms. The lowest BCUT2D eigenvalue weighted by atomic mass is 10.2. The van der Waals surface area contributed by atoms with Gasteiger partial charge >= 0.3 is 0 Å². The summed E-state index contributed by atoms with van der Waals surface area (Å²) in [7, 11) is -4.94. The van der Waals surface area contributed by atoms with E-state index in [9.17, 15) is 16.8 Å². The van der Waals surface area contributed by atoms with Gasteiger partial charge in [-0.25, -0.2) is 16.8 Å². The lowest BCUT2D eigenvalue weighted by Gasteiger charge is -2.26. The molecule has 0 saturated carbocycles. The number of nitrogens with zero attached hydrogens (tertiary/aromatic N) is 1. The molecule has 1 aliphatic heterocycles. The highest BCUT2D eigenvalue weighted by molar-refractivity contribution is 7.92. The van der Waals surface area contributed by atoms with E-state index in [2.05, 4.69) is 4.72 Å². The lowest BCUT2D eigenvalue weighted by Crippen LogP contribution is -2.35. The first-order chi connectivity index (χ1) is 14.2. The fraction of sp³-hybridized carbons (Fsp3) is 0.400. The standard InChI is InChI=1S/C20H26N2O6S2/c1-15-7-9-17(30(25,26)22-11-5-4-6-12-22)14-18(15)21-29(23,24)20-13-16(27-2)8-10-19(20)28-3/h7-10,13-14,21H,4-6,11-12H2,1-3H3. The van der Waals surface area contributed by atoms with Crippen molar-refractivity contribution in [1.29, 1.82) is 0 Å². The van der Waals surface area contributed by atoms with Crippen LogP contribution < -0.4 is 14.2 Å². The van der Waals surface area contributed by atoms with Crippen molar-refractivity contribution in [3.05, 3.63) is 42.0 Å². The van der Waals surface area contributed by atoms with Gasteiger partial charge in [-0.3, -0.25) is 4.72 Å². The van der Waals surface area contributed by atoms with Crippen molar-refractivity contribution in [2.24, 2.45) is 0 Å². The summed E-state index contributed by atoms with van der Waals surface area (Å²) >= 11 is 0. The molecule has 0 radical (unpaired) electrons. The topological polar surface area (TPSA) is 102 Å². The molecule has 0 bridgehead atoms. The molecular formula is C20H26N2O6S2. The Labute approximate surface area is 177 Å². The molecule has 0 unspecified atom stereocenters. The third kappa shape index (κ3) is 4.55. The molecule has 0 aromatic heterocycles. The van der Waals surface area contributed by atoms with Crippen molar-refractivity contribution in [2.45, 2.75) is 36.0 Å². The van der Waals surface area contributed by atoms with Crippen molar-refractivity contribution in [2.75, 3.05) is 32.0 Å². The minimum absolute atomic E-state index is 0.0605. The summed E-state index contributed by atoms with van der Waals surface area (Å²) in [5, 5.41) is 0. The Kier molecular flexibility index (Phi) is 6.59. The summed E-state index contributed by atoms with van der Waals surface area (Å²) in [6.07, 6.45) is 2.65. The molecule has 164 valence electrons. The van der Waals surface area contributed by atoms with Crippen LogP contribution in [-0.4, -0.2) is 48.4 Å². The van der Waals surface area contributed by atoms with E-state index in [4.69, 9.17) is 9.47 Å². The molecule has 0 atom stereocenters. The van der Waals surface area contributed by atoms with Gasteiger partial charge in [0.25, 0.3) is 10.0 Å². The van der Waals surface area contributed by atoms with Gasteiger partial charge in [-0.15, -0.1) is 0 Å². The van der Waals surface area contributed by atoms with Crippen LogP contribution in [0.1, 0.15) is 24.8 Å². The maximum absolute atomic E-state index is 13.1. The van der Waals surface area contributed by atoms with Crippen LogP contribution in [0.4, 0.5) is 5.69 Å². The molecule has 1 N–H and O–H groups in total. The van der Waals surface area contributed by atoms with Gasteiger partial charge in [0.1, 0.15) is 16.4 Å². The molecule has 2 aromatic carbocycles. The average Bonchev–Trinajstić information content (AvgIpc) is 2.75. The van der Waals surface area contributed by atoms with E-state index in [1.165, 1.54) is 42.8 Å². The summed E-state index contributed by atoms with van der Waals surface area (Å²) < 4.78 is 66.3. The molecule has 1 aliphatic rings. The van der Waals surface area contributed by atoms with E-state index in [0.29, 0.717) is 24.4 Å². The van der Waals surface area contributed by atoms with Crippen molar-refractivity contribution in [3.63, 3.8) is 0 Å². The number of hydrogen-bond donors (Lipinski definition) is 1. The molecule has 1 fully saturated rings. The fourth-order valence-electron chi connectivity index (χ4n) is 3.32. The van der Waals surface area contributed by atoms with Crippen LogP contribution in [-0.2, 0) is 20.0 Å². The van der Waals surface area contributed by atoms with Crippen LogP contribution in [0, 0.1) is 6.92 Å². The zero-order chi connectivity index (χ0) is 21.9. The van der Waals surface area contributed by atoms with Crippen molar-refractivity contribution >= 4 is 25.7 Å². The summed E-state index contributed by atoms with van der Waals surface area (Å²) in [5.41, 5.74) is 0.788. The maximum Gasteiger partial charge on any atom is 0.265 e. The zero-order valence-corrected chi connectivity index (χ0v) is 18.8. The molecule has 2 aromatic rings. The second-order valence-electron chi connectivity index (χ2n) is 7.06. The van der Waals surface area contributed by atoms with Gasteiger partial charge < -0.3 is 9.47 Å². The quantitative estimate of drug-likeness (QED) is 0.690. The molecular weight excluding hydrogens is 428 g/mol. The molecule has 3 rings (SSSR count). The lowest BCUT2D eigenvalue weighted by molar-refractivity contribution is 0.346. The van der Waals surface area contributed by atoms with E-state index in [-0.39, 0.29) is 21.2 Å². The normalized spacial score (nSPS) is 15.6. The van der Waals surface area contributed by atoms with Gasteiger partial charge in [0, 0.05) is 19.2 Å². The number of benzene rings is 2. The first-order valence-electron chi connectivity index (χ1n) is 9.54. The van der Waals surface area contributed by atoms with Crippen LogP contribution in [0.15, 0.2) is 46.2 Å². The largest absolute Gasteiger partial charge is 0.497 e. The number of aryl methyl sites for hydroxylation is 1. The van der Waals surface area contributed by atoms with E-state index in [1.54, 1.807) is 19.1 Å². The summed E-state index contributed by atoms with van der Waals surface area (Å²) in [6.45, 7) is 2.65. The second-order valence-corrected chi connectivity index (χ2v) is 10.7. The Morgan fingerprint density at radius 1 is 0.900 bits per heavy atom. The Hall–Kier alpha value is -2.30. The molecule has 1 heterocycles. The Bertz CT molecular complexity index is 1120. The highest BCUT2D eigenvalue weighted by Crippen LogP contribution is 2.31. The van der Waals surface area contributed by atoms with Crippen molar-refractivity contribution in [1.82, 2.24) is 4.31 Å². The minimum atomic E-state index is -4.06. The number of ether oxygens (including phenoxy) is 2. The number of piperidine rings is 1. The van der Waals surface area contributed by atoms with Crippen LogP contribution in [0.5, 0.6) is 11.5 Å². The Balaban J connectivity index is 1.98. The zero-order valence-electron chi connectivity index (χ0n) is 17.2. The van der Waals surface area contributed by atoms with Crippen LogP contribution in [0.2, 0.25) is 0 Å². The van der Waals surface area contributed by atoms with Gasteiger partial charge in [0.2, 0.25) is 10.0 Å². The minimum Gasteiger partial charge on any atom is -0.497 e. The number of hydrogen-bond acceptors (Lipinski definition) is 6. The molecule has 0 spiro atoms. The van der Waals surface area contributed by atoms with Gasteiger partial charge in [0.05, 0.1) is 24.8 Å². The van der Waals surface area contributed by atoms with E-state index in [0.717, 1.165) is 19.3 Å². The third-order valence-corrected chi connectivity index (χ3v) is 8.35. The molecule has 10 heteroatoms. The monoisotopic (exact) mass is 454 g/mol. The predicted molar refractivity (Wildman–Crippen MR) is 114 cm³/mol. The molecule has 1 saturated heterocycles. The maximum atomic E-state index is 13.1. The highest BCUT2D eigenvalue weighted by atomic mass is 32.2.